The van der Waals surface area contributed by atoms with Gasteiger partial charge in [-0.3, -0.25) is 0 Å². The summed E-state index contributed by atoms with van der Waals surface area (Å²) in [5, 5.41) is 0. The predicted octanol–water partition coefficient (Wildman–Crippen LogP) is 3.48. The average molecular weight is 230 g/mol. The van der Waals surface area contributed by atoms with Crippen LogP contribution in [-0.4, -0.2) is 7.05 Å². The van der Waals surface area contributed by atoms with Crippen LogP contribution in [0.25, 0.3) is 0 Å². The van der Waals surface area contributed by atoms with Crippen molar-refractivity contribution in [2.45, 2.75) is 6.92 Å². The molecule has 0 spiro atoms. The lowest BCUT2D eigenvalue weighted by atomic mass is 10.1. The van der Waals surface area contributed by atoms with Crippen molar-refractivity contribution in [1.29, 1.82) is 0 Å². The molecule has 0 aliphatic heterocycles. The van der Waals surface area contributed by atoms with Crippen LogP contribution in [0.2, 0.25) is 0 Å². The van der Waals surface area contributed by atoms with E-state index in [0.29, 0.717) is 11.4 Å². The molecular weight excluding hydrogens is 215 g/mol. The molecule has 0 atom stereocenters. The highest BCUT2D eigenvalue weighted by atomic mass is 19.1. The fourth-order valence-electron chi connectivity index (χ4n) is 1.91. The number of nitrogens with zero attached hydrogens (tertiary/aromatic N) is 1. The highest BCUT2D eigenvalue weighted by molar-refractivity contribution is 5.68. The summed E-state index contributed by atoms with van der Waals surface area (Å²) in [7, 11) is 1.84. The largest absolute Gasteiger partial charge is 0.399 e. The SMILES string of the molecule is Cc1cc(N)ccc1N(C)c1ccccc1F. The van der Waals surface area contributed by atoms with Crippen LogP contribution in [0.15, 0.2) is 42.5 Å². The Bertz CT molecular complexity index is 537. The van der Waals surface area contributed by atoms with Gasteiger partial charge >= 0.3 is 0 Å². The van der Waals surface area contributed by atoms with Crippen LogP contribution in [0.1, 0.15) is 5.56 Å². The van der Waals surface area contributed by atoms with E-state index < -0.39 is 0 Å². The Balaban J connectivity index is 2.44. The molecular formula is C14H15FN2. The molecule has 88 valence electrons. The van der Waals surface area contributed by atoms with Gasteiger partial charge in [0.1, 0.15) is 5.82 Å². The van der Waals surface area contributed by atoms with E-state index in [-0.39, 0.29) is 5.82 Å². The number of rotatable bonds is 2. The van der Waals surface area contributed by atoms with Crippen molar-refractivity contribution in [3.05, 3.63) is 53.8 Å². The minimum absolute atomic E-state index is 0.230. The predicted molar refractivity (Wildman–Crippen MR) is 70.1 cm³/mol. The maximum Gasteiger partial charge on any atom is 0.146 e. The normalized spacial score (nSPS) is 10.3. The molecule has 0 unspecified atom stereocenters. The third-order valence-electron chi connectivity index (χ3n) is 2.80. The number of aryl methyl sites for hydroxylation is 1. The summed E-state index contributed by atoms with van der Waals surface area (Å²) in [6.07, 6.45) is 0. The topological polar surface area (TPSA) is 29.3 Å². The van der Waals surface area contributed by atoms with Gasteiger partial charge in [0.15, 0.2) is 0 Å². The van der Waals surface area contributed by atoms with E-state index in [4.69, 9.17) is 5.73 Å². The smallest absolute Gasteiger partial charge is 0.146 e. The van der Waals surface area contributed by atoms with Crippen LogP contribution in [0.3, 0.4) is 0 Å². The standard InChI is InChI=1S/C14H15FN2/c1-10-9-11(16)7-8-13(10)17(2)14-6-4-3-5-12(14)15/h3-9H,16H2,1-2H3. The molecule has 0 fully saturated rings. The molecule has 17 heavy (non-hydrogen) atoms. The molecule has 0 bridgehead atoms. The fourth-order valence-corrected chi connectivity index (χ4v) is 1.91. The molecule has 0 amide bonds. The van der Waals surface area contributed by atoms with Crippen molar-refractivity contribution in [3.63, 3.8) is 0 Å². The first kappa shape index (κ1) is 11.5. The molecule has 0 radical (unpaired) electrons. The van der Waals surface area contributed by atoms with Gasteiger partial charge in [0.2, 0.25) is 0 Å². The van der Waals surface area contributed by atoms with Gasteiger partial charge in [0.25, 0.3) is 0 Å². The molecule has 2 aromatic rings. The van der Waals surface area contributed by atoms with E-state index in [9.17, 15) is 4.39 Å². The maximum atomic E-state index is 13.7. The molecule has 0 saturated heterocycles. The van der Waals surface area contributed by atoms with Gasteiger partial charge in [0, 0.05) is 18.4 Å². The van der Waals surface area contributed by atoms with Crippen molar-refractivity contribution >= 4 is 17.1 Å². The summed E-state index contributed by atoms with van der Waals surface area (Å²) in [5.41, 5.74) is 8.95. The summed E-state index contributed by atoms with van der Waals surface area (Å²) in [5.74, 6) is -0.230. The van der Waals surface area contributed by atoms with E-state index in [0.717, 1.165) is 11.3 Å². The molecule has 0 aromatic heterocycles. The lowest BCUT2D eigenvalue weighted by molar-refractivity contribution is 0.627. The second-order valence-electron chi connectivity index (χ2n) is 4.06. The zero-order chi connectivity index (χ0) is 12.4. The summed E-state index contributed by atoms with van der Waals surface area (Å²) in [4.78, 5) is 1.82. The monoisotopic (exact) mass is 230 g/mol. The van der Waals surface area contributed by atoms with Crippen molar-refractivity contribution in [3.8, 4) is 0 Å². The molecule has 2 aromatic carbocycles. The second kappa shape index (κ2) is 4.45. The Morgan fingerprint density at radius 1 is 1.06 bits per heavy atom. The first-order valence-corrected chi connectivity index (χ1v) is 5.44. The Labute approximate surface area is 100 Å². The number of nitrogens with two attached hydrogens (primary N) is 1. The lowest BCUT2D eigenvalue weighted by Crippen LogP contribution is -2.12. The minimum atomic E-state index is -0.230. The van der Waals surface area contributed by atoms with E-state index in [1.807, 2.05) is 43.1 Å². The van der Waals surface area contributed by atoms with Crippen molar-refractivity contribution in [1.82, 2.24) is 0 Å². The van der Waals surface area contributed by atoms with Gasteiger partial charge in [-0.25, -0.2) is 4.39 Å². The van der Waals surface area contributed by atoms with Crippen LogP contribution >= 0.6 is 0 Å². The number of hydrogen-bond donors (Lipinski definition) is 1. The molecule has 0 aliphatic carbocycles. The minimum Gasteiger partial charge on any atom is -0.399 e. The van der Waals surface area contributed by atoms with Gasteiger partial charge in [-0.15, -0.1) is 0 Å². The third-order valence-corrected chi connectivity index (χ3v) is 2.80. The molecule has 2 rings (SSSR count). The summed E-state index contributed by atoms with van der Waals surface area (Å²) in [6, 6.07) is 12.3. The zero-order valence-corrected chi connectivity index (χ0v) is 9.94. The van der Waals surface area contributed by atoms with Crippen LogP contribution in [0.5, 0.6) is 0 Å². The van der Waals surface area contributed by atoms with E-state index in [1.54, 1.807) is 12.1 Å². The first-order chi connectivity index (χ1) is 8.09. The van der Waals surface area contributed by atoms with E-state index >= 15 is 0 Å². The van der Waals surface area contributed by atoms with Gasteiger partial charge in [-0.2, -0.15) is 0 Å². The van der Waals surface area contributed by atoms with Crippen LogP contribution in [0.4, 0.5) is 21.5 Å². The maximum absolute atomic E-state index is 13.7. The van der Waals surface area contributed by atoms with Crippen molar-refractivity contribution < 1.29 is 4.39 Å². The van der Waals surface area contributed by atoms with E-state index in [1.165, 1.54) is 6.07 Å². The number of anilines is 3. The van der Waals surface area contributed by atoms with Gasteiger partial charge in [0.05, 0.1) is 5.69 Å². The molecule has 0 saturated carbocycles. The average Bonchev–Trinajstić information content (AvgIpc) is 2.29. The zero-order valence-electron chi connectivity index (χ0n) is 9.94. The molecule has 2 nitrogen and oxygen atoms in total. The molecule has 3 heteroatoms. The van der Waals surface area contributed by atoms with Gasteiger partial charge in [-0.1, -0.05) is 12.1 Å². The summed E-state index contributed by atoms with van der Waals surface area (Å²) in [6.45, 7) is 1.96. The van der Waals surface area contributed by atoms with Gasteiger partial charge < -0.3 is 10.6 Å². The van der Waals surface area contributed by atoms with Crippen LogP contribution in [0, 0.1) is 12.7 Å². The Morgan fingerprint density at radius 2 is 1.76 bits per heavy atom. The van der Waals surface area contributed by atoms with Crippen LogP contribution in [-0.2, 0) is 0 Å². The van der Waals surface area contributed by atoms with E-state index in [2.05, 4.69) is 0 Å². The highest BCUT2D eigenvalue weighted by Gasteiger charge is 2.10. The fraction of sp³-hybridized carbons (Fsp3) is 0.143. The highest BCUT2D eigenvalue weighted by Crippen LogP contribution is 2.29. The Morgan fingerprint density at radius 3 is 2.41 bits per heavy atom. The Kier molecular flexibility index (Phi) is 3.00. The third kappa shape index (κ3) is 2.23. The van der Waals surface area contributed by atoms with Crippen molar-refractivity contribution in [2.75, 3.05) is 17.7 Å². The molecule has 0 heterocycles. The summed E-state index contributed by atoms with van der Waals surface area (Å²) >= 11 is 0. The Hall–Kier alpha value is -2.03. The number of nitrogen functional groups attached to an aromatic ring is 1. The number of benzene rings is 2. The summed E-state index contributed by atoms with van der Waals surface area (Å²) < 4.78 is 13.7. The van der Waals surface area contributed by atoms with Crippen LogP contribution < -0.4 is 10.6 Å². The quantitative estimate of drug-likeness (QED) is 0.800. The molecule has 2 N–H and O–H groups in total. The first-order valence-electron chi connectivity index (χ1n) is 5.44. The number of hydrogen-bond acceptors (Lipinski definition) is 2. The molecule has 0 aliphatic rings. The van der Waals surface area contributed by atoms with Gasteiger partial charge in [-0.05, 0) is 42.8 Å². The van der Waals surface area contributed by atoms with Crippen molar-refractivity contribution in [2.24, 2.45) is 0 Å². The number of halogens is 1. The second-order valence-corrected chi connectivity index (χ2v) is 4.06. The lowest BCUT2D eigenvalue weighted by Gasteiger charge is -2.22. The number of para-hydroxylation sites is 1.